The van der Waals surface area contributed by atoms with E-state index >= 15 is 0 Å². The van der Waals surface area contributed by atoms with E-state index in [2.05, 4.69) is 0 Å². The first-order valence-corrected chi connectivity index (χ1v) is 8.26. The minimum absolute atomic E-state index is 0.136. The number of carbonyl (C=O) groups excluding carboxylic acids is 1. The Kier molecular flexibility index (Phi) is 6.49. The highest BCUT2D eigenvalue weighted by Gasteiger charge is 2.27. The minimum atomic E-state index is -0.768. The summed E-state index contributed by atoms with van der Waals surface area (Å²) >= 11 is 0. The molecule has 0 aromatic carbocycles. The van der Waals surface area contributed by atoms with Gasteiger partial charge >= 0.3 is 5.97 Å². The summed E-state index contributed by atoms with van der Waals surface area (Å²) in [4.78, 5) is 25.1. The summed E-state index contributed by atoms with van der Waals surface area (Å²) in [7, 11) is 0. The van der Waals surface area contributed by atoms with Crippen LogP contribution >= 0.6 is 0 Å². The lowest BCUT2D eigenvalue weighted by Crippen LogP contribution is -2.44. The molecule has 2 aliphatic heterocycles. The number of ether oxygens (including phenoxy) is 1. The molecule has 0 unspecified atom stereocenters. The molecule has 0 bridgehead atoms. The number of rotatable bonds is 6. The number of piperidine rings is 1. The van der Waals surface area contributed by atoms with Gasteiger partial charge in [0, 0.05) is 38.6 Å². The molecule has 0 saturated carbocycles. The molecule has 2 heterocycles. The summed E-state index contributed by atoms with van der Waals surface area (Å²) in [5.74, 6) is 0.0664. The van der Waals surface area contributed by atoms with Crippen molar-refractivity contribution < 1.29 is 19.4 Å². The van der Waals surface area contributed by atoms with Gasteiger partial charge in [0.25, 0.3) is 0 Å². The Hall–Kier alpha value is -1.10. The summed E-state index contributed by atoms with van der Waals surface area (Å²) in [5.41, 5.74) is 0. The van der Waals surface area contributed by atoms with Gasteiger partial charge in [-0.25, -0.2) is 0 Å². The fourth-order valence-electron chi connectivity index (χ4n) is 3.43. The Morgan fingerprint density at radius 2 is 1.81 bits per heavy atom. The van der Waals surface area contributed by atoms with Crippen molar-refractivity contribution in [3.05, 3.63) is 0 Å². The van der Waals surface area contributed by atoms with Crippen molar-refractivity contribution in [2.45, 2.75) is 63.8 Å². The van der Waals surface area contributed by atoms with Crippen molar-refractivity contribution in [3.63, 3.8) is 0 Å². The third-order valence-electron chi connectivity index (χ3n) is 4.75. The number of hydrogen-bond acceptors (Lipinski definition) is 3. The maximum Gasteiger partial charge on any atom is 0.303 e. The summed E-state index contributed by atoms with van der Waals surface area (Å²) in [6.45, 7) is 2.45. The van der Waals surface area contributed by atoms with Gasteiger partial charge in [-0.1, -0.05) is 0 Å². The highest BCUT2D eigenvalue weighted by Crippen LogP contribution is 2.24. The second-order valence-corrected chi connectivity index (χ2v) is 6.26. The van der Waals surface area contributed by atoms with Crippen molar-refractivity contribution in [3.8, 4) is 0 Å². The van der Waals surface area contributed by atoms with Gasteiger partial charge in [-0.3, -0.25) is 9.59 Å². The molecule has 2 fully saturated rings. The standard InChI is InChI=1S/C16H27NO4/c18-15(6-4-13-8-11-21-12-9-13)17-10-2-1-3-14(17)5-7-16(19)20/h13-14H,1-12H2,(H,19,20)/t14-/m0/s1. The predicted molar refractivity (Wildman–Crippen MR) is 79.0 cm³/mol. The summed E-state index contributed by atoms with van der Waals surface area (Å²) in [6, 6.07) is 0.136. The molecule has 2 saturated heterocycles. The van der Waals surface area contributed by atoms with Crippen LogP contribution in [0.1, 0.15) is 57.8 Å². The molecule has 1 N–H and O–H groups in total. The van der Waals surface area contributed by atoms with Gasteiger partial charge in [0.05, 0.1) is 0 Å². The zero-order valence-electron chi connectivity index (χ0n) is 12.8. The van der Waals surface area contributed by atoms with Crippen molar-refractivity contribution in [1.29, 1.82) is 0 Å². The van der Waals surface area contributed by atoms with Crippen LogP contribution in [0.3, 0.4) is 0 Å². The van der Waals surface area contributed by atoms with Crippen molar-refractivity contribution >= 4 is 11.9 Å². The highest BCUT2D eigenvalue weighted by atomic mass is 16.5. The SMILES string of the molecule is O=C(O)CC[C@@H]1CCCCN1C(=O)CCC1CCOCC1. The van der Waals surface area contributed by atoms with Crippen LogP contribution in [0.25, 0.3) is 0 Å². The average Bonchev–Trinajstić information content (AvgIpc) is 2.52. The summed E-state index contributed by atoms with van der Waals surface area (Å²) in [6.07, 6.45) is 7.55. The van der Waals surface area contributed by atoms with E-state index in [4.69, 9.17) is 9.84 Å². The third-order valence-corrected chi connectivity index (χ3v) is 4.75. The van der Waals surface area contributed by atoms with Crippen LogP contribution in [-0.2, 0) is 14.3 Å². The van der Waals surface area contributed by atoms with Crippen LogP contribution < -0.4 is 0 Å². The second-order valence-electron chi connectivity index (χ2n) is 6.26. The Bertz CT molecular complexity index is 352. The molecule has 0 aromatic heterocycles. The molecule has 5 nitrogen and oxygen atoms in total. The number of hydrogen-bond donors (Lipinski definition) is 1. The Balaban J connectivity index is 1.78. The van der Waals surface area contributed by atoms with Gasteiger partial charge in [-0.2, -0.15) is 0 Å². The van der Waals surface area contributed by atoms with Gasteiger partial charge in [0.1, 0.15) is 0 Å². The average molecular weight is 297 g/mol. The topological polar surface area (TPSA) is 66.8 Å². The van der Waals surface area contributed by atoms with Gasteiger partial charge in [0.15, 0.2) is 0 Å². The molecule has 1 amide bonds. The molecule has 5 heteroatoms. The fraction of sp³-hybridized carbons (Fsp3) is 0.875. The maximum absolute atomic E-state index is 12.4. The number of nitrogens with zero attached hydrogens (tertiary/aromatic N) is 1. The highest BCUT2D eigenvalue weighted by molar-refractivity contribution is 5.76. The number of carbonyl (C=O) groups is 2. The van der Waals surface area contributed by atoms with E-state index < -0.39 is 5.97 Å². The zero-order chi connectivity index (χ0) is 15.1. The van der Waals surface area contributed by atoms with Crippen molar-refractivity contribution in [1.82, 2.24) is 4.90 Å². The molecule has 0 aromatic rings. The first-order valence-electron chi connectivity index (χ1n) is 8.26. The van der Waals surface area contributed by atoms with Crippen LogP contribution in [0.2, 0.25) is 0 Å². The van der Waals surface area contributed by atoms with Gasteiger partial charge in [0.2, 0.25) is 5.91 Å². The van der Waals surface area contributed by atoms with Gasteiger partial charge < -0.3 is 14.7 Å². The van der Waals surface area contributed by atoms with Crippen molar-refractivity contribution in [2.24, 2.45) is 5.92 Å². The second kappa shape index (κ2) is 8.37. The number of carboxylic acid groups (broad SMARTS) is 1. The molecule has 0 aliphatic carbocycles. The lowest BCUT2D eigenvalue weighted by Gasteiger charge is -2.36. The van der Waals surface area contributed by atoms with E-state index in [1.165, 1.54) is 0 Å². The summed E-state index contributed by atoms with van der Waals surface area (Å²) < 4.78 is 5.34. The van der Waals surface area contributed by atoms with Gasteiger partial charge in [-0.15, -0.1) is 0 Å². The number of aliphatic carboxylic acids is 1. The molecule has 0 radical (unpaired) electrons. The van der Waals surface area contributed by atoms with E-state index in [0.717, 1.165) is 58.3 Å². The molecular formula is C16H27NO4. The van der Waals surface area contributed by atoms with E-state index in [9.17, 15) is 9.59 Å². The third kappa shape index (κ3) is 5.30. The normalized spacial score (nSPS) is 24.0. The summed E-state index contributed by atoms with van der Waals surface area (Å²) in [5, 5.41) is 8.83. The van der Waals surface area contributed by atoms with Gasteiger partial charge in [-0.05, 0) is 50.9 Å². The molecular weight excluding hydrogens is 270 g/mol. The largest absolute Gasteiger partial charge is 0.481 e. The molecule has 21 heavy (non-hydrogen) atoms. The lowest BCUT2D eigenvalue weighted by molar-refractivity contribution is -0.140. The van der Waals surface area contributed by atoms with Crippen molar-refractivity contribution in [2.75, 3.05) is 19.8 Å². The van der Waals surface area contributed by atoms with E-state index in [-0.39, 0.29) is 18.4 Å². The number of likely N-dealkylation sites (tertiary alicyclic amines) is 1. The van der Waals surface area contributed by atoms with E-state index in [1.807, 2.05) is 4.90 Å². The maximum atomic E-state index is 12.4. The Morgan fingerprint density at radius 1 is 1.05 bits per heavy atom. The van der Waals surface area contributed by atoms with Crippen LogP contribution in [0, 0.1) is 5.92 Å². The Labute approximate surface area is 126 Å². The lowest BCUT2D eigenvalue weighted by atomic mass is 9.93. The number of amides is 1. The molecule has 1 atom stereocenters. The molecule has 0 spiro atoms. The van der Waals surface area contributed by atoms with Crippen LogP contribution in [0.4, 0.5) is 0 Å². The smallest absolute Gasteiger partial charge is 0.303 e. The Morgan fingerprint density at radius 3 is 2.52 bits per heavy atom. The van der Waals surface area contributed by atoms with Crippen LogP contribution in [0.15, 0.2) is 0 Å². The fourth-order valence-corrected chi connectivity index (χ4v) is 3.43. The van der Waals surface area contributed by atoms with E-state index in [1.54, 1.807) is 0 Å². The minimum Gasteiger partial charge on any atom is -0.481 e. The molecule has 120 valence electrons. The zero-order valence-corrected chi connectivity index (χ0v) is 12.8. The van der Waals surface area contributed by atoms with E-state index in [0.29, 0.717) is 18.8 Å². The first kappa shape index (κ1) is 16.3. The quantitative estimate of drug-likeness (QED) is 0.817. The van der Waals surface area contributed by atoms with Crippen LogP contribution in [-0.4, -0.2) is 47.7 Å². The predicted octanol–water partition coefficient (Wildman–Crippen LogP) is 2.44. The monoisotopic (exact) mass is 297 g/mol. The molecule has 2 aliphatic rings. The van der Waals surface area contributed by atoms with Crippen LogP contribution in [0.5, 0.6) is 0 Å². The number of carboxylic acids is 1. The first-order chi connectivity index (χ1) is 10.2. The molecule has 2 rings (SSSR count).